The molecule has 8 heteroatoms. The van der Waals surface area contributed by atoms with Gasteiger partial charge < -0.3 is 10.2 Å². The first-order chi connectivity index (χ1) is 13.3. The zero-order valence-corrected chi connectivity index (χ0v) is 17.5. The molecule has 1 aliphatic carbocycles. The summed E-state index contributed by atoms with van der Waals surface area (Å²) in [6, 6.07) is 12.2. The third kappa shape index (κ3) is 5.32. The van der Waals surface area contributed by atoms with Gasteiger partial charge in [-0.3, -0.25) is 4.79 Å². The Morgan fingerprint density at radius 1 is 1.14 bits per heavy atom. The predicted octanol–water partition coefficient (Wildman–Crippen LogP) is 1.36. The van der Waals surface area contributed by atoms with Crippen LogP contribution < -0.4 is 14.9 Å². The van der Waals surface area contributed by atoms with Gasteiger partial charge >= 0.3 is 0 Å². The second kappa shape index (κ2) is 8.61. The van der Waals surface area contributed by atoms with Crippen LogP contribution in [0.25, 0.3) is 0 Å². The van der Waals surface area contributed by atoms with Crippen LogP contribution >= 0.6 is 11.6 Å². The maximum absolute atomic E-state index is 12.6. The summed E-state index contributed by atoms with van der Waals surface area (Å²) in [5.74, 6) is -0.341. The summed E-state index contributed by atoms with van der Waals surface area (Å²) >= 11 is 6.08. The van der Waals surface area contributed by atoms with Crippen LogP contribution in [0.4, 0.5) is 0 Å². The van der Waals surface area contributed by atoms with Gasteiger partial charge in [-0.25, -0.2) is 13.1 Å². The molecule has 1 saturated carbocycles. The SMILES string of the molecule is C[NH+](C)Cc1ccccc1CNC(=O)c1ccc(Cl)c(S(=O)(=O)NC2CC2)c1. The molecule has 0 spiro atoms. The fourth-order valence-corrected chi connectivity index (χ4v) is 4.73. The summed E-state index contributed by atoms with van der Waals surface area (Å²) in [6.45, 7) is 1.22. The van der Waals surface area contributed by atoms with Crippen LogP contribution in [-0.4, -0.2) is 34.5 Å². The average Bonchev–Trinajstić information content (AvgIpc) is 3.43. The van der Waals surface area contributed by atoms with Crippen molar-refractivity contribution in [3.63, 3.8) is 0 Å². The Morgan fingerprint density at radius 3 is 2.46 bits per heavy atom. The molecule has 0 atom stereocenters. The number of quaternary nitrogens is 1. The largest absolute Gasteiger partial charge is 0.348 e. The van der Waals surface area contributed by atoms with E-state index in [1.165, 1.54) is 23.1 Å². The van der Waals surface area contributed by atoms with E-state index in [4.69, 9.17) is 11.6 Å². The van der Waals surface area contributed by atoms with Crippen LogP contribution in [-0.2, 0) is 23.1 Å². The summed E-state index contributed by atoms with van der Waals surface area (Å²) in [4.78, 5) is 13.8. The van der Waals surface area contributed by atoms with E-state index in [9.17, 15) is 13.2 Å². The molecule has 0 unspecified atom stereocenters. The minimum absolute atomic E-state index is 0.0334. The van der Waals surface area contributed by atoms with Crippen LogP contribution in [0.2, 0.25) is 5.02 Å². The van der Waals surface area contributed by atoms with Crippen LogP contribution in [0.1, 0.15) is 34.3 Å². The second-order valence-corrected chi connectivity index (χ2v) is 9.47. The molecular weight excluding hydrogens is 398 g/mol. The molecule has 1 fully saturated rings. The van der Waals surface area contributed by atoms with Gasteiger partial charge in [0, 0.05) is 23.7 Å². The predicted molar refractivity (Wildman–Crippen MR) is 109 cm³/mol. The van der Waals surface area contributed by atoms with Gasteiger partial charge in [-0.2, -0.15) is 0 Å². The number of nitrogens with one attached hydrogen (secondary N) is 3. The van der Waals surface area contributed by atoms with Crippen molar-refractivity contribution in [2.45, 2.75) is 36.9 Å². The smallest absolute Gasteiger partial charge is 0.251 e. The molecule has 3 rings (SSSR count). The van der Waals surface area contributed by atoms with E-state index in [0.29, 0.717) is 6.54 Å². The summed E-state index contributed by atoms with van der Waals surface area (Å²) < 4.78 is 27.5. The van der Waals surface area contributed by atoms with Gasteiger partial charge in [0.1, 0.15) is 11.4 Å². The molecule has 2 aromatic carbocycles. The molecule has 150 valence electrons. The van der Waals surface area contributed by atoms with Crippen molar-refractivity contribution in [1.82, 2.24) is 10.0 Å². The highest BCUT2D eigenvalue weighted by Gasteiger charge is 2.29. The number of sulfonamides is 1. The number of rotatable bonds is 8. The van der Waals surface area contributed by atoms with Gasteiger partial charge in [0.2, 0.25) is 10.0 Å². The zero-order valence-electron chi connectivity index (χ0n) is 16.0. The summed E-state index contributed by atoms with van der Waals surface area (Å²) in [7, 11) is 0.405. The van der Waals surface area contributed by atoms with Gasteiger partial charge in [-0.1, -0.05) is 35.9 Å². The van der Waals surface area contributed by atoms with Gasteiger partial charge in [-0.05, 0) is 36.6 Å². The van der Waals surface area contributed by atoms with Gasteiger partial charge in [-0.15, -0.1) is 0 Å². The average molecular weight is 423 g/mol. The molecule has 0 aromatic heterocycles. The molecular formula is C20H25ClN3O3S+. The molecule has 2 aromatic rings. The highest BCUT2D eigenvalue weighted by Crippen LogP contribution is 2.27. The summed E-state index contributed by atoms with van der Waals surface area (Å²) in [5.41, 5.74) is 2.46. The molecule has 28 heavy (non-hydrogen) atoms. The van der Waals surface area contributed by atoms with Crippen molar-refractivity contribution in [1.29, 1.82) is 0 Å². The number of hydrogen-bond acceptors (Lipinski definition) is 3. The minimum Gasteiger partial charge on any atom is -0.348 e. The van der Waals surface area contributed by atoms with Crippen molar-refractivity contribution < 1.29 is 18.1 Å². The quantitative estimate of drug-likeness (QED) is 0.601. The third-order valence-corrected chi connectivity index (χ3v) is 6.49. The molecule has 0 aliphatic heterocycles. The normalized spacial score (nSPS) is 14.3. The number of hydrogen-bond donors (Lipinski definition) is 3. The molecule has 1 aliphatic rings. The lowest BCUT2D eigenvalue weighted by Crippen LogP contribution is -3.04. The third-order valence-electron chi connectivity index (χ3n) is 4.48. The van der Waals surface area contributed by atoms with Crippen molar-refractivity contribution in [2.24, 2.45) is 0 Å². The Hall–Kier alpha value is -1.93. The second-order valence-electron chi connectivity index (χ2n) is 7.38. The first kappa shape index (κ1) is 20.8. The lowest BCUT2D eigenvalue weighted by molar-refractivity contribution is -0.872. The van der Waals surface area contributed by atoms with Crippen LogP contribution in [0.15, 0.2) is 47.4 Å². The van der Waals surface area contributed by atoms with E-state index >= 15 is 0 Å². The maximum atomic E-state index is 12.6. The van der Waals surface area contributed by atoms with E-state index in [1.807, 2.05) is 24.3 Å². The Bertz CT molecular complexity index is 972. The minimum atomic E-state index is -3.74. The maximum Gasteiger partial charge on any atom is 0.251 e. The molecule has 0 bridgehead atoms. The monoisotopic (exact) mass is 422 g/mol. The molecule has 6 nitrogen and oxygen atoms in total. The summed E-state index contributed by atoms with van der Waals surface area (Å²) in [5, 5.41) is 2.97. The number of halogens is 1. The van der Waals surface area contributed by atoms with E-state index in [2.05, 4.69) is 24.1 Å². The van der Waals surface area contributed by atoms with E-state index in [-0.39, 0.29) is 27.4 Å². The molecule has 3 N–H and O–H groups in total. The summed E-state index contributed by atoms with van der Waals surface area (Å²) in [6.07, 6.45) is 1.65. The number of benzene rings is 2. The highest BCUT2D eigenvalue weighted by atomic mass is 35.5. The first-order valence-corrected chi connectivity index (χ1v) is 11.1. The van der Waals surface area contributed by atoms with Gasteiger partial charge in [0.25, 0.3) is 5.91 Å². The Morgan fingerprint density at radius 2 is 1.82 bits per heavy atom. The van der Waals surface area contributed by atoms with E-state index < -0.39 is 10.0 Å². The van der Waals surface area contributed by atoms with Crippen LogP contribution in [0.5, 0.6) is 0 Å². The van der Waals surface area contributed by atoms with Crippen molar-refractivity contribution in [3.8, 4) is 0 Å². The van der Waals surface area contributed by atoms with Crippen molar-refractivity contribution in [3.05, 3.63) is 64.2 Å². The fourth-order valence-electron chi connectivity index (χ4n) is 2.90. The van der Waals surface area contributed by atoms with Crippen molar-refractivity contribution in [2.75, 3.05) is 14.1 Å². The number of amides is 1. The lowest BCUT2D eigenvalue weighted by Gasteiger charge is -2.13. The number of carbonyl (C=O) groups excluding carboxylic acids is 1. The van der Waals surface area contributed by atoms with Crippen LogP contribution in [0, 0.1) is 0 Å². The first-order valence-electron chi connectivity index (χ1n) is 9.22. The highest BCUT2D eigenvalue weighted by molar-refractivity contribution is 7.89. The fraction of sp³-hybridized carbons (Fsp3) is 0.350. The standard InChI is InChI=1S/C20H24ClN3O3S/c1-24(2)13-16-6-4-3-5-15(16)12-22-20(25)14-7-10-18(21)19(11-14)28(26,27)23-17-8-9-17/h3-7,10-11,17,23H,8-9,12-13H2,1-2H3,(H,22,25)/p+1. The Balaban J connectivity index is 1.74. The molecule has 0 saturated heterocycles. The molecule has 0 radical (unpaired) electrons. The van der Waals surface area contributed by atoms with E-state index in [0.717, 1.165) is 30.5 Å². The topological polar surface area (TPSA) is 79.7 Å². The Labute approximate surface area is 170 Å². The zero-order chi connectivity index (χ0) is 20.3. The number of carbonyl (C=O) groups is 1. The molecule has 1 amide bonds. The van der Waals surface area contributed by atoms with Crippen LogP contribution in [0.3, 0.4) is 0 Å². The Kier molecular flexibility index (Phi) is 6.40. The van der Waals surface area contributed by atoms with Gasteiger partial charge in [0.15, 0.2) is 0 Å². The lowest BCUT2D eigenvalue weighted by atomic mass is 10.1. The molecule has 0 heterocycles. The van der Waals surface area contributed by atoms with Crippen molar-refractivity contribution >= 4 is 27.5 Å². The van der Waals surface area contributed by atoms with E-state index in [1.54, 1.807) is 0 Å². The van der Waals surface area contributed by atoms with Gasteiger partial charge in [0.05, 0.1) is 19.1 Å².